The lowest BCUT2D eigenvalue weighted by molar-refractivity contribution is 0.677. The molecule has 5 heteroatoms. The number of halogens is 2. The molecular formula is C12H16Cl2N2S. The fourth-order valence-electron chi connectivity index (χ4n) is 1.99. The van der Waals surface area contributed by atoms with Crippen molar-refractivity contribution in [3.8, 4) is 0 Å². The maximum Gasteiger partial charge on any atom is 0.187 e. The lowest BCUT2D eigenvalue weighted by atomic mass is 10.3. The van der Waals surface area contributed by atoms with Gasteiger partial charge in [-0.3, -0.25) is 0 Å². The smallest absolute Gasteiger partial charge is 0.187 e. The van der Waals surface area contributed by atoms with Gasteiger partial charge >= 0.3 is 0 Å². The van der Waals surface area contributed by atoms with Crippen LogP contribution in [0, 0.1) is 11.8 Å². The molecule has 0 amide bonds. The van der Waals surface area contributed by atoms with E-state index < -0.39 is 0 Å². The predicted octanol–water partition coefficient (Wildman–Crippen LogP) is 4.16. The Morgan fingerprint density at radius 3 is 2.18 bits per heavy atom. The van der Waals surface area contributed by atoms with E-state index in [9.17, 15) is 0 Å². The summed E-state index contributed by atoms with van der Waals surface area (Å²) in [6, 6.07) is 0. The molecule has 0 atom stereocenters. The van der Waals surface area contributed by atoms with Gasteiger partial charge in [-0.25, -0.2) is 4.98 Å². The van der Waals surface area contributed by atoms with E-state index in [2.05, 4.69) is 9.88 Å². The molecule has 0 unspecified atom stereocenters. The van der Waals surface area contributed by atoms with Gasteiger partial charge in [-0.1, -0.05) is 22.9 Å². The van der Waals surface area contributed by atoms with Gasteiger partial charge in [0.05, 0.1) is 10.8 Å². The molecule has 0 aliphatic heterocycles. The van der Waals surface area contributed by atoms with Crippen molar-refractivity contribution in [1.82, 2.24) is 4.98 Å². The number of rotatable bonds is 6. The van der Waals surface area contributed by atoms with Gasteiger partial charge in [-0.2, -0.15) is 0 Å². The van der Waals surface area contributed by atoms with Gasteiger partial charge in [0.25, 0.3) is 0 Å². The summed E-state index contributed by atoms with van der Waals surface area (Å²) < 4.78 is 0. The Kier molecular flexibility index (Phi) is 3.51. The SMILES string of the molecule is ClCc1sc(N(CC2CC2)CC2CC2)nc1Cl. The molecule has 0 N–H and O–H groups in total. The Bertz CT molecular complexity index is 385. The monoisotopic (exact) mass is 290 g/mol. The normalized spacial score (nSPS) is 19.6. The first-order chi connectivity index (χ1) is 8.26. The molecular weight excluding hydrogens is 275 g/mol. The molecule has 0 bridgehead atoms. The highest BCUT2D eigenvalue weighted by Crippen LogP contribution is 2.38. The number of hydrogen-bond donors (Lipinski definition) is 0. The highest BCUT2D eigenvalue weighted by Gasteiger charge is 2.30. The minimum Gasteiger partial charge on any atom is -0.347 e. The first-order valence-corrected chi connectivity index (χ1v) is 7.95. The second kappa shape index (κ2) is 4.94. The van der Waals surface area contributed by atoms with Gasteiger partial charge in [0.2, 0.25) is 0 Å². The maximum absolute atomic E-state index is 6.08. The van der Waals surface area contributed by atoms with Crippen molar-refractivity contribution in [1.29, 1.82) is 0 Å². The zero-order chi connectivity index (χ0) is 11.8. The van der Waals surface area contributed by atoms with Crippen LogP contribution in [0.1, 0.15) is 30.6 Å². The van der Waals surface area contributed by atoms with Gasteiger partial charge < -0.3 is 4.90 Å². The molecule has 0 saturated heterocycles. The third-order valence-electron chi connectivity index (χ3n) is 3.38. The molecule has 2 aliphatic carbocycles. The molecule has 2 saturated carbocycles. The largest absolute Gasteiger partial charge is 0.347 e. The molecule has 1 aromatic rings. The molecule has 3 rings (SSSR count). The minimum atomic E-state index is 0.469. The molecule has 0 spiro atoms. The summed E-state index contributed by atoms with van der Waals surface area (Å²) in [6.07, 6.45) is 5.51. The van der Waals surface area contributed by atoms with Crippen LogP contribution in [0.25, 0.3) is 0 Å². The Labute approximate surface area is 116 Å². The average Bonchev–Trinajstić information content (AvgIpc) is 3.21. The number of thiazole rings is 1. The lowest BCUT2D eigenvalue weighted by Crippen LogP contribution is -2.27. The number of aromatic nitrogens is 1. The molecule has 17 heavy (non-hydrogen) atoms. The van der Waals surface area contributed by atoms with Crippen LogP contribution in [-0.4, -0.2) is 18.1 Å². The molecule has 1 heterocycles. The van der Waals surface area contributed by atoms with Gasteiger partial charge in [0, 0.05) is 13.1 Å². The molecule has 1 aromatic heterocycles. The molecule has 2 nitrogen and oxygen atoms in total. The van der Waals surface area contributed by atoms with Crippen molar-refractivity contribution >= 4 is 39.7 Å². The number of anilines is 1. The van der Waals surface area contributed by atoms with Crippen LogP contribution in [0.5, 0.6) is 0 Å². The Balaban J connectivity index is 1.74. The second-order valence-corrected chi connectivity index (χ2v) is 6.82. The van der Waals surface area contributed by atoms with Gasteiger partial charge in [0.1, 0.15) is 5.15 Å². The molecule has 0 radical (unpaired) electrons. The van der Waals surface area contributed by atoms with Crippen LogP contribution in [0.3, 0.4) is 0 Å². The maximum atomic E-state index is 6.08. The van der Waals surface area contributed by atoms with Gasteiger partial charge in [-0.05, 0) is 37.5 Å². The number of hydrogen-bond acceptors (Lipinski definition) is 3. The summed E-state index contributed by atoms with van der Waals surface area (Å²) in [6.45, 7) is 2.31. The van der Waals surface area contributed by atoms with E-state index in [0.29, 0.717) is 11.0 Å². The van der Waals surface area contributed by atoms with Crippen LogP contribution < -0.4 is 4.90 Å². The van der Waals surface area contributed by atoms with Gasteiger partial charge in [0.15, 0.2) is 5.13 Å². The van der Waals surface area contributed by atoms with E-state index in [1.54, 1.807) is 11.3 Å². The second-order valence-electron chi connectivity index (χ2n) is 5.14. The fourth-order valence-corrected chi connectivity index (χ4v) is 3.49. The Morgan fingerprint density at radius 1 is 1.18 bits per heavy atom. The van der Waals surface area contributed by atoms with Crippen LogP contribution >= 0.6 is 34.5 Å². The van der Waals surface area contributed by atoms with Crippen molar-refractivity contribution in [3.63, 3.8) is 0 Å². The summed E-state index contributed by atoms with van der Waals surface area (Å²) >= 11 is 13.6. The van der Waals surface area contributed by atoms with E-state index in [-0.39, 0.29) is 0 Å². The van der Waals surface area contributed by atoms with Crippen LogP contribution in [0.2, 0.25) is 5.15 Å². The topological polar surface area (TPSA) is 16.1 Å². The van der Waals surface area contributed by atoms with E-state index in [0.717, 1.165) is 34.9 Å². The summed E-state index contributed by atoms with van der Waals surface area (Å²) in [4.78, 5) is 7.90. The average molecular weight is 291 g/mol. The minimum absolute atomic E-state index is 0.469. The van der Waals surface area contributed by atoms with Crippen molar-refractivity contribution in [2.45, 2.75) is 31.6 Å². The van der Waals surface area contributed by atoms with E-state index >= 15 is 0 Å². The predicted molar refractivity (Wildman–Crippen MR) is 74.3 cm³/mol. The first-order valence-electron chi connectivity index (χ1n) is 6.22. The highest BCUT2D eigenvalue weighted by molar-refractivity contribution is 7.16. The number of nitrogens with zero attached hydrogens (tertiary/aromatic N) is 2. The van der Waals surface area contributed by atoms with Crippen molar-refractivity contribution < 1.29 is 0 Å². The van der Waals surface area contributed by atoms with E-state index in [1.807, 2.05) is 0 Å². The third kappa shape index (κ3) is 3.07. The molecule has 0 aromatic carbocycles. The summed E-state index contributed by atoms with van der Waals surface area (Å²) in [7, 11) is 0. The van der Waals surface area contributed by atoms with Crippen LogP contribution in [0.15, 0.2) is 0 Å². The van der Waals surface area contributed by atoms with E-state index in [1.165, 1.54) is 25.7 Å². The first kappa shape index (κ1) is 12.1. The molecule has 94 valence electrons. The molecule has 2 aliphatic rings. The quantitative estimate of drug-likeness (QED) is 0.732. The summed E-state index contributed by atoms with van der Waals surface area (Å²) in [5.41, 5.74) is 0. The van der Waals surface area contributed by atoms with Gasteiger partial charge in [-0.15, -0.1) is 11.6 Å². The number of alkyl halides is 1. The fraction of sp³-hybridized carbons (Fsp3) is 0.750. The zero-order valence-corrected chi connectivity index (χ0v) is 12.0. The summed E-state index contributed by atoms with van der Waals surface area (Å²) in [5, 5.41) is 1.67. The van der Waals surface area contributed by atoms with Crippen LogP contribution in [0.4, 0.5) is 5.13 Å². The van der Waals surface area contributed by atoms with Crippen LogP contribution in [-0.2, 0) is 5.88 Å². The highest BCUT2D eigenvalue weighted by atomic mass is 35.5. The zero-order valence-electron chi connectivity index (χ0n) is 9.66. The van der Waals surface area contributed by atoms with Crippen molar-refractivity contribution in [2.24, 2.45) is 11.8 Å². The van der Waals surface area contributed by atoms with Crippen molar-refractivity contribution in [3.05, 3.63) is 10.0 Å². The molecule has 2 fully saturated rings. The Hall–Kier alpha value is 0.01000. The lowest BCUT2D eigenvalue weighted by Gasteiger charge is -2.21. The Morgan fingerprint density at radius 2 is 1.76 bits per heavy atom. The third-order valence-corrected chi connectivity index (χ3v) is 5.35. The summed E-state index contributed by atoms with van der Waals surface area (Å²) in [5.74, 6) is 2.24. The van der Waals surface area contributed by atoms with Crippen molar-refractivity contribution in [2.75, 3.05) is 18.0 Å². The standard InChI is InChI=1S/C12H16Cl2N2S/c13-5-10-11(14)15-12(17-10)16(6-8-1-2-8)7-9-3-4-9/h8-9H,1-7H2. The van der Waals surface area contributed by atoms with E-state index in [4.69, 9.17) is 23.2 Å².